The maximum Gasteiger partial charge on any atom is 0.185 e. The fraction of sp³-hybridized carbons (Fsp3) is 0.321. The van der Waals surface area contributed by atoms with E-state index in [1.807, 2.05) is 53.9 Å². The van der Waals surface area contributed by atoms with E-state index in [1.165, 1.54) is 0 Å². The second-order valence-electron chi connectivity index (χ2n) is 8.30. The molecule has 184 valence electrons. The normalized spacial score (nSPS) is 14.3. The number of methoxy groups -OCH3 is 2. The molecule has 1 aromatic heterocycles. The number of rotatable bonds is 11. The minimum atomic E-state index is -0.0487. The first kappa shape index (κ1) is 25.1. The number of allylic oxidation sites excluding steroid dienone is 1. The van der Waals surface area contributed by atoms with Crippen molar-refractivity contribution < 1.29 is 19.0 Å². The minimum Gasteiger partial charge on any atom is -0.496 e. The average molecular weight is 493 g/mol. The Hall–Kier alpha value is -2.97. The lowest BCUT2D eigenvalue weighted by Crippen LogP contribution is -2.40. The highest BCUT2D eigenvalue weighted by Gasteiger charge is 2.13. The van der Waals surface area contributed by atoms with Crippen LogP contribution in [0.4, 0.5) is 0 Å². The molecule has 0 amide bonds. The van der Waals surface area contributed by atoms with Crippen LogP contribution >= 0.6 is 11.3 Å². The van der Waals surface area contributed by atoms with E-state index in [0.717, 1.165) is 73.3 Å². The Morgan fingerprint density at radius 2 is 1.86 bits per heavy atom. The number of benzene rings is 2. The predicted molar refractivity (Wildman–Crippen MR) is 142 cm³/mol. The lowest BCUT2D eigenvalue weighted by Gasteiger charge is -2.26. The van der Waals surface area contributed by atoms with Crippen molar-refractivity contribution in [2.24, 2.45) is 0 Å². The fourth-order valence-corrected chi connectivity index (χ4v) is 4.77. The summed E-state index contributed by atoms with van der Waals surface area (Å²) in [6, 6.07) is 15.7. The molecule has 2 heterocycles. The molecule has 0 aliphatic carbocycles. The van der Waals surface area contributed by atoms with Crippen LogP contribution in [0.1, 0.15) is 21.5 Å². The Morgan fingerprint density at radius 3 is 2.54 bits per heavy atom. The van der Waals surface area contributed by atoms with E-state index in [4.69, 9.17) is 14.2 Å². The zero-order valence-electron chi connectivity index (χ0n) is 20.3. The molecule has 0 bridgehead atoms. The van der Waals surface area contributed by atoms with E-state index >= 15 is 0 Å². The largest absolute Gasteiger partial charge is 0.496 e. The van der Waals surface area contributed by atoms with E-state index in [0.29, 0.717) is 11.3 Å². The second-order valence-corrected chi connectivity index (χ2v) is 9.24. The monoisotopic (exact) mass is 492 g/mol. The number of nitrogens with one attached hydrogen (secondary N) is 1. The van der Waals surface area contributed by atoms with Gasteiger partial charge in [-0.25, -0.2) is 0 Å². The van der Waals surface area contributed by atoms with Gasteiger partial charge in [-0.05, 0) is 35.2 Å². The molecule has 35 heavy (non-hydrogen) atoms. The van der Waals surface area contributed by atoms with Crippen LogP contribution in [0.25, 0.3) is 16.5 Å². The van der Waals surface area contributed by atoms with Gasteiger partial charge in [-0.15, -0.1) is 11.3 Å². The maximum absolute atomic E-state index is 12.8. The molecule has 7 heteroatoms. The molecule has 1 N–H and O–H groups in total. The summed E-state index contributed by atoms with van der Waals surface area (Å²) in [6.45, 7) is 6.39. The van der Waals surface area contributed by atoms with Crippen molar-refractivity contribution in [3.05, 3.63) is 76.7 Å². The quantitative estimate of drug-likeness (QED) is 0.237. The molecular formula is C28H32N2O4S. The smallest absolute Gasteiger partial charge is 0.185 e. The van der Waals surface area contributed by atoms with E-state index < -0.39 is 0 Å². The van der Waals surface area contributed by atoms with Crippen LogP contribution in [0.2, 0.25) is 0 Å². The SMILES string of the molecule is COc1cc(OC)c(-c2cccs2)cc1/C=C/C(=O)c1ccc(CNCCN2CCOCC2)cc1. The first-order valence-electron chi connectivity index (χ1n) is 11.8. The minimum absolute atomic E-state index is 0.0487. The van der Waals surface area contributed by atoms with Crippen LogP contribution in [0.3, 0.4) is 0 Å². The Bertz CT molecular complexity index is 1120. The second kappa shape index (κ2) is 12.7. The fourth-order valence-electron chi connectivity index (χ4n) is 4.02. The predicted octanol–water partition coefficient (Wildman–Crippen LogP) is 4.75. The Kier molecular flexibility index (Phi) is 9.08. The number of carbonyl (C=O) groups excluding carboxylic acids is 1. The summed E-state index contributed by atoms with van der Waals surface area (Å²) in [6.07, 6.45) is 3.40. The van der Waals surface area contributed by atoms with Gasteiger partial charge >= 0.3 is 0 Å². The number of thiophene rings is 1. The molecule has 0 spiro atoms. The van der Waals surface area contributed by atoms with Gasteiger partial charge in [0.1, 0.15) is 11.5 Å². The third-order valence-corrected chi connectivity index (χ3v) is 6.93. The summed E-state index contributed by atoms with van der Waals surface area (Å²) in [5.74, 6) is 1.35. The van der Waals surface area contributed by atoms with Crippen LogP contribution in [0.15, 0.2) is 60.0 Å². The van der Waals surface area contributed by atoms with Crippen molar-refractivity contribution in [1.29, 1.82) is 0 Å². The molecule has 1 aliphatic heterocycles. The van der Waals surface area contributed by atoms with E-state index in [1.54, 1.807) is 37.7 Å². The van der Waals surface area contributed by atoms with Gasteiger partial charge in [0.05, 0.1) is 27.4 Å². The molecule has 3 aromatic rings. The molecule has 0 atom stereocenters. The zero-order chi connectivity index (χ0) is 24.5. The summed E-state index contributed by atoms with van der Waals surface area (Å²) < 4.78 is 16.5. The Morgan fingerprint density at radius 1 is 1.09 bits per heavy atom. The summed E-state index contributed by atoms with van der Waals surface area (Å²) in [5.41, 5.74) is 3.61. The van der Waals surface area contributed by atoms with Gasteiger partial charge < -0.3 is 19.5 Å². The molecular weight excluding hydrogens is 460 g/mol. The van der Waals surface area contributed by atoms with E-state index in [-0.39, 0.29) is 5.78 Å². The van der Waals surface area contributed by atoms with Crippen molar-refractivity contribution in [2.75, 3.05) is 53.6 Å². The van der Waals surface area contributed by atoms with Crippen molar-refractivity contribution in [3.8, 4) is 21.9 Å². The number of ether oxygens (including phenoxy) is 3. The van der Waals surface area contributed by atoms with Gasteiger partial charge in [0, 0.05) is 60.4 Å². The van der Waals surface area contributed by atoms with Crippen LogP contribution < -0.4 is 14.8 Å². The van der Waals surface area contributed by atoms with Crippen LogP contribution in [0.5, 0.6) is 11.5 Å². The Balaban J connectivity index is 1.37. The van der Waals surface area contributed by atoms with Gasteiger partial charge in [-0.3, -0.25) is 9.69 Å². The van der Waals surface area contributed by atoms with E-state index in [2.05, 4.69) is 10.2 Å². The number of carbonyl (C=O) groups is 1. The lowest BCUT2D eigenvalue weighted by molar-refractivity contribution is 0.0384. The Labute approximate surface area is 211 Å². The van der Waals surface area contributed by atoms with E-state index in [9.17, 15) is 4.79 Å². The topological polar surface area (TPSA) is 60.0 Å². The number of ketones is 1. The van der Waals surface area contributed by atoms with Crippen molar-refractivity contribution in [2.45, 2.75) is 6.54 Å². The summed E-state index contributed by atoms with van der Waals surface area (Å²) >= 11 is 1.64. The molecule has 4 rings (SSSR count). The van der Waals surface area contributed by atoms with Gasteiger partial charge in [0.25, 0.3) is 0 Å². The molecule has 0 radical (unpaired) electrons. The summed E-state index contributed by atoms with van der Waals surface area (Å²) in [7, 11) is 3.26. The zero-order valence-corrected chi connectivity index (χ0v) is 21.1. The molecule has 0 saturated carbocycles. The highest BCUT2D eigenvalue weighted by Crippen LogP contribution is 2.38. The van der Waals surface area contributed by atoms with Gasteiger partial charge in [0.15, 0.2) is 5.78 Å². The highest BCUT2D eigenvalue weighted by atomic mass is 32.1. The summed E-state index contributed by atoms with van der Waals surface area (Å²) in [5, 5.41) is 5.51. The highest BCUT2D eigenvalue weighted by molar-refractivity contribution is 7.13. The summed E-state index contributed by atoms with van der Waals surface area (Å²) in [4.78, 5) is 16.3. The third-order valence-electron chi connectivity index (χ3n) is 6.03. The molecule has 1 fully saturated rings. The average Bonchev–Trinajstić information content (AvgIpc) is 3.45. The van der Waals surface area contributed by atoms with Crippen LogP contribution in [0, 0.1) is 0 Å². The van der Waals surface area contributed by atoms with Gasteiger partial charge in [-0.1, -0.05) is 30.3 Å². The van der Waals surface area contributed by atoms with Gasteiger partial charge in [0.2, 0.25) is 0 Å². The van der Waals surface area contributed by atoms with Gasteiger partial charge in [-0.2, -0.15) is 0 Å². The first-order valence-corrected chi connectivity index (χ1v) is 12.7. The lowest BCUT2D eigenvalue weighted by atomic mass is 10.0. The number of hydrogen-bond acceptors (Lipinski definition) is 7. The molecule has 0 unspecified atom stereocenters. The maximum atomic E-state index is 12.8. The van der Waals surface area contributed by atoms with Crippen molar-refractivity contribution in [3.63, 3.8) is 0 Å². The molecule has 6 nitrogen and oxygen atoms in total. The molecule has 2 aromatic carbocycles. The number of nitrogens with zero attached hydrogens (tertiary/aromatic N) is 1. The first-order chi connectivity index (χ1) is 17.2. The van der Waals surface area contributed by atoms with Crippen LogP contribution in [-0.2, 0) is 11.3 Å². The standard InChI is InChI=1S/C28H32N2O4S/c1-32-26-19-27(33-2)24(28-4-3-17-35-28)18-23(26)9-10-25(31)22-7-5-21(6-8-22)20-29-11-12-30-13-15-34-16-14-30/h3-10,17-19,29H,11-16,20H2,1-2H3/b10-9+. The number of hydrogen-bond donors (Lipinski definition) is 1. The van der Waals surface area contributed by atoms with Crippen molar-refractivity contribution in [1.82, 2.24) is 10.2 Å². The van der Waals surface area contributed by atoms with Crippen molar-refractivity contribution >= 4 is 23.2 Å². The van der Waals surface area contributed by atoms with Crippen LogP contribution in [-0.4, -0.2) is 64.3 Å². The number of morpholine rings is 1. The molecule has 1 saturated heterocycles. The third kappa shape index (κ3) is 6.80. The molecule has 1 aliphatic rings.